The van der Waals surface area contributed by atoms with Crippen LogP contribution in [0.4, 0.5) is 9.18 Å². The molecule has 4 aliphatic carbocycles. The molecule has 3 unspecified atom stereocenters. The highest BCUT2D eigenvalue weighted by Crippen LogP contribution is 2.55. The molecule has 2 aliphatic heterocycles. The first-order valence-electron chi connectivity index (χ1n) is 12.1. The molecule has 0 radical (unpaired) electrons. The fourth-order valence-electron chi connectivity index (χ4n) is 7.85. The molecule has 31 heavy (non-hydrogen) atoms. The van der Waals surface area contributed by atoms with Crippen molar-refractivity contribution in [1.29, 1.82) is 0 Å². The molecule has 4 saturated carbocycles. The van der Waals surface area contributed by atoms with Crippen molar-refractivity contribution in [3.05, 3.63) is 35.6 Å². The number of ether oxygens (including phenoxy) is 1. The Hall–Kier alpha value is -1.66. The van der Waals surface area contributed by atoms with Gasteiger partial charge < -0.3 is 20.1 Å². The van der Waals surface area contributed by atoms with Crippen molar-refractivity contribution in [2.75, 3.05) is 0 Å². The molecular weight excluding hydrogens is 395 g/mol. The zero-order valence-corrected chi connectivity index (χ0v) is 18.0. The van der Waals surface area contributed by atoms with Gasteiger partial charge in [0.2, 0.25) is 0 Å². The summed E-state index contributed by atoms with van der Waals surface area (Å²) >= 11 is 0. The Kier molecular flexibility index (Phi) is 4.80. The second kappa shape index (κ2) is 7.45. The molecule has 1 aromatic carbocycles. The topological polar surface area (TPSA) is 61.8 Å². The minimum Gasteiger partial charge on any atom is -0.390 e. The number of benzene rings is 1. The Balaban J connectivity index is 1.07. The molecule has 7 rings (SSSR count). The average Bonchev–Trinajstić information content (AvgIpc) is 2.99. The molecule has 5 nitrogen and oxygen atoms in total. The van der Waals surface area contributed by atoms with E-state index in [1.165, 1.54) is 6.07 Å². The van der Waals surface area contributed by atoms with Gasteiger partial charge in [-0.1, -0.05) is 18.2 Å². The molecular formula is C25H33FN2O3. The summed E-state index contributed by atoms with van der Waals surface area (Å²) in [4.78, 5) is 15.4. The number of fused-ring (bicyclic) bond motifs is 2. The fourth-order valence-corrected chi connectivity index (χ4v) is 7.85. The Bertz CT molecular complexity index is 833. The lowest BCUT2D eigenvalue weighted by atomic mass is 9.52. The predicted octanol–water partition coefficient (Wildman–Crippen LogP) is 3.99. The molecule has 0 aromatic heterocycles. The van der Waals surface area contributed by atoms with Crippen molar-refractivity contribution in [3.63, 3.8) is 0 Å². The van der Waals surface area contributed by atoms with Crippen molar-refractivity contribution >= 4 is 6.03 Å². The van der Waals surface area contributed by atoms with Gasteiger partial charge in [-0.25, -0.2) is 9.18 Å². The monoisotopic (exact) mass is 428 g/mol. The molecule has 6 bridgehead atoms. The summed E-state index contributed by atoms with van der Waals surface area (Å²) in [7, 11) is 0. The molecule has 0 spiro atoms. The molecule has 2 N–H and O–H groups in total. The van der Waals surface area contributed by atoms with Gasteiger partial charge in [0.25, 0.3) is 0 Å². The van der Waals surface area contributed by atoms with Crippen molar-refractivity contribution in [2.24, 2.45) is 17.8 Å². The van der Waals surface area contributed by atoms with E-state index in [9.17, 15) is 14.3 Å². The number of aliphatic hydroxyl groups is 1. The second-order valence-electron chi connectivity index (χ2n) is 11.0. The van der Waals surface area contributed by atoms with E-state index in [-0.39, 0.29) is 36.1 Å². The summed E-state index contributed by atoms with van der Waals surface area (Å²) in [6, 6.07) is 7.51. The summed E-state index contributed by atoms with van der Waals surface area (Å²) in [6.45, 7) is 0.290. The lowest BCUT2D eigenvalue weighted by Crippen LogP contribution is -2.64. The van der Waals surface area contributed by atoms with E-state index in [0.29, 0.717) is 29.9 Å². The van der Waals surface area contributed by atoms with E-state index in [2.05, 4.69) is 10.2 Å². The number of hydrogen-bond donors (Lipinski definition) is 2. The van der Waals surface area contributed by atoms with Crippen LogP contribution in [0.1, 0.15) is 63.4 Å². The number of amides is 2. The second-order valence-corrected chi connectivity index (χ2v) is 11.0. The van der Waals surface area contributed by atoms with E-state index < -0.39 is 5.60 Å². The molecule has 6 fully saturated rings. The van der Waals surface area contributed by atoms with Crippen molar-refractivity contribution in [3.8, 4) is 0 Å². The summed E-state index contributed by atoms with van der Waals surface area (Å²) in [5.41, 5.74) is 0.128. The Labute approximate surface area is 183 Å². The van der Waals surface area contributed by atoms with Crippen LogP contribution in [-0.4, -0.2) is 45.9 Å². The van der Waals surface area contributed by atoms with Gasteiger partial charge in [-0.15, -0.1) is 0 Å². The predicted molar refractivity (Wildman–Crippen MR) is 114 cm³/mol. The van der Waals surface area contributed by atoms with Crippen molar-refractivity contribution in [2.45, 2.75) is 94.2 Å². The number of urea groups is 1. The maximum atomic E-state index is 13.9. The molecule has 5 atom stereocenters. The van der Waals surface area contributed by atoms with Crippen LogP contribution in [0.3, 0.4) is 0 Å². The summed E-state index contributed by atoms with van der Waals surface area (Å²) < 4.78 is 20.0. The van der Waals surface area contributed by atoms with Gasteiger partial charge in [0.15, 0.2) is 0 Å². The summed E-state index contributed by atoms with van der Waals surface area (Å²) in [5, 5.41) is 14.2. The number of carbonyl (C=O) groups is 1. The maximum absolute atomic E-state index is 13.9. The largest absolute Gasteiger partial charge is 0.390 e. The Morgan fingerprint density at radius 3 is 2.42 bits per heavy atom. The molecule has 2 heterocycles. The molecule has 1 aromatic rings. The summed E-state index contributed by atoms with van der Waals surface area (Å²) in [5.74, 6) is 1.29. The van der Waals surface area contributed by atoms with Gasteiger partial charge in [-0.2, -0.15) is 0 Å². The fraction of sp³-hybridized carbons (Fsp3) is 0.720. The van der Waals surface area contributed by atoms with E-state index in [0.717, 1.165) is 57.8 Å². The molecule has 2 saturated heterocycles. The molecule has 6 heteroatoms. The van der Waals surface area contributed by atoms with Gasteiger partial charge >= 0.3 is 6.03 Å². The number of hydrogen-bond acceptors (Lipinski definition) is 3. The highest BCUT2D eigenvalue weighted by Gasteiger charge is 2.55. The summed E-state index contributed by atoms with van der Waals surface area (Å²) in [6.07, 6.45) is 8.77. The first-order valence-corrected chi connectivity index (χ1v) is 12.1. The first kappa shape index (κ1) is 20.0. The number of piperidine rings is 1. The van der Waals surface area contributed by atoms with E-state index in [1.54, 1.807) is 12.1 Å². The lowest BCUT2D eigenvalue weighted by Gasteiger charge is -2.58. The van der Waals surface area contributed by atoms with Crippen LogP contribution in [0.5, 0.6) is 0 Å². The maximum Gasteiger partial charge on any atom is 0.318 e. The van der Waals surface area contributed by atoms with Crippen LogP contribution in [0.25, 0.3) is 0 Å². The lowest BCUT2D eigenvalue weighted by molar-refractivity contribution is -0.137. The third kappa shape index (κ3) is 3.56. The average molecular weight is 429 g/mol. The number of carbonyl (C=O) groups excluding carboxylic acids is 1. The normalized spacial score (nSPS) is 42.8. The zero-order valence-electron chi connectivity index (χ0n) is 18.0. The quantitative estimate of drug-likeness (QED) is 0.762. The van der Waals surface area contributed by atoms with E-state index in [4.69, 9.17) is 4.74 Å². The van der Waals surface area contributed by atoms with Crippen LogP contribution in [0.15, 0.2) is 24.3 Å². The number of halogens is 1. The SMILES string of the molecule is O=C(NC1C2CC3CC1CC(O)(C3)C2)N1[C@@H]2CC[C@H]1CC(OCc1ccccc1F)C2. The molecule has 168 valence electrons. The van der Waals surface area contributed by atoms with E-state index in [1.807, 2.05) is 6.07 Å². The van der Waals surface area contributed by atoms with E-state index >= 15 is 0 Å². The third-order valence-electron chi connectivity index (χ3n) is 8.89. The van der Waals surface area contributed by atoms with Crippen LogP contribution in [0, 0.1) is 23.6 Å². The Morgan fingerprint density at radius 2 is 1.77 bits per heavy atom. The standard InChI is InChI=1S/C25H33FN2O3/c26-22-4-2-1-3-16(22)14-31-21-9-19-5-6-20(10-21)28(19)24(29)27-23-17-7-15-8-18(23)13-25(30,11-15)12-17/h1-4,15,17-21,23,30H,5-14H2,(H,27,29)/t15?,17?,18?,19-,20+,21?,23?,25?. The molecule has 6 aliphatic rings. The smallest absolute Gasteiger partial charge is 0.318 e. The van der Waals surface area contributed by atoms with Crippen LogP contribution >= 0.6 is 0 Å². The highest BCUT2D eigenvalue weighted by atomic mass is 19.1. The van der Waals surface area contributed by atoms with Crippen LogP contribution in [0.2, 0.25) is 0 Å². The number of nitrogens with zero attached hydrogens (tertiary/aromatic N) is 1. The third-order valence-corrected chi connectivity index (χ3v) is 8.89. The van der Waals surface area contributed by atoms with Crippen LogP contribution < -0.4 is 5.32 Å². The Morgan fingerprint density at radius 1 is 1.10 bits per heavy atom. The molecule has 2 amide bonds. The zero-order chi connectivity index (χ0) is 21.2. The van der Waals surface area contributed by atoms with Gasteiger partial charge in [0, 0.05) is 23.7 Å². The number of rotatable bonds is 4. The van der Waals surface area contributed by atoms with Gasteiger partial charge in [-0.3, -0.25) is 0 Å². The van der Waals surface area contributed by atoms with Gasteiger partial charge in [0.05, 0.1) is 18.3 Å². The van der Waals surface area contributed by atoms with Crippen molar-refractivity contribution < 1.29 is 19.0 Å². The van der Waals surface area contributed by atoms with Gasteiger partial charge in [-0.05, 0) is 81.6 Å². The highest BCUT2D eigenvalue weighted by molar-refractivity contribution is 5.76. The minimum absolute atomic E-state index is 0.0802. The van der Waals surface area contributed by atoms with Gasteiger partial charge in [0.1, 0.15) is 5.82 Å². The first-order chi connectivity index (χ1) is 15.0. The minimum atomic E-state index is -0.468. The number of nitrogens with one attached hydrogen (secondary N) is 1. The van der Waals surface area contributed by atoms with Crippen molar-refractivity contribution in [1.82, 2.24) is 10.2 Å². The van der Waals surface area contributed by atoms with Crippen LogP contribution in [-0.2, 0) is 11.3 Å².